The highest BCUT2D eigenvalue weighted by atomic mass is 32.2. The molecule has 0 bridgehead atoms. The van der Waals surface area contributed by atoms with Gasteiger partial charge in [-0.1, -0.05) is 12.1 Å². The van der Waals surface area contributed by atoms with Crippen molar-refractivity contribution in [2.75, 3.05) is 13.1 Å². The molecular formula is C16H16F6N4O3S. The van der Waals surface area contributed by atoms with Crippen LogP contribution in [0.3, 0.4) is 0 Å². The summed E-state index contributed by atoms with van der Waals surface area (Å²) in [6.07, 6.45) is -9.88. The van der Waals surface area contributed by atoms with Crippen molar-refractivity contribution in [3.05, 3.63) is 46.1 Å². The van der Waals surface area contributed by atoms with Crippen molar-refractivity contribution in [3.63, 3.8) is 0 Å². The minimum Gasteiger partial charge on any atom is -0.274 e. The summed E-state index contributed by atoms with van der Waals surface area (Å²) in [7, 11) is -3.58. The molecule has 1 aromatic carbocycles. The molecule has 30 heavy (non-hydrogen) atoms. The molecule has 1 aliphatic heterocycles. The van der Waals surface area contributed by atoms with Gasteiger partial charge < -0.3 is 0 Å². The van der Waals surface area contributed by atoms with Crippen LogP contribution in [0.1, 0.15) is 30.3 Å². The average molecular weight is 458 g/mol. The summed E-state index contributed by atoms with van der Waals surface area (Å²) in [6, 6.07) is 2.93. The number of aromatic nitrogens is 3. The number of halogens is 6. The minimum absolute atomic E-state index is 0.0817. The van der Waals surface area contributed by atoms with Crippen LogP contribution in [0, 0.1) is 0 Å². The van der Waals surface area contributed by atoms with Gasteiger partial charge in [-0.05, 0) is 25.0 Å². The Morgan fingerprint density at radius 2 is 1.57 bits per heavy atom. The fraction of sp³-hybridized carbons (Fsp3) is 0.500. The van der Waals surface area contributed by atoms with E-state index in [1.165, 1.54) is 6.07 Å². The number of hydrogen-bond acceptors (Lipinski definition) is 4. The number of benzene rings is 1. The monoisotopic (exact) mass is 458 g/mol. The van der Waals surface area contributed by atoms with Crippen molar-refractivity contribution in [1.29, 1.82) is 0 Å². The first-order valence-electron chi connectivity index (χ1n) is 8.63. The Balaban J connectivity index is 1.84. The van der Waals surface area contributed by atoms with E-state index in [2.05, 4.69) is 5.10 Å². The van der Waals surface area contributed by atoms with Gasteiger partial charge in [0, 0.05) is 20.1 Å². The molecule has 0 radical (unpaired) electrons. The van der Waals surface area contributed by atoms with Gasteiger partial charge in [0.1, 0.15) is 0 Å². The summed E-state index contributed by atoms with van der Waals surface area (Å²) in [5.74, 6) is -1.39. The third-order valence-electron chi connectivity index (χ3n) is 4.84. The van der Waals surface area contributed by atoms with Crippen LogP contribution in [-0.4, -0.2) is 40.2 Å². The Labute approximate surface area is 166 Å². The van der Waals surface area contributed by atoms with Gasteiger partial charge in [-0.3, -0.25) is 4.57 Å². The summed E-state index contributed by atoms with van der Waals surface area (Å²) < 4.78 is 106. The molecule has 2 aromatic rings. The van der Waals surface area contributed by atoms with Crippen molar-refractivity contribution in [2.45, 2.75) is 36.1 Å². The molecule has 166 valence electrons. The number of nitrogens with zero attached hydrogens (tertiary/aromatic N) is 4. The molecule has 3 rings (SSSR count). The first-order valence-corrected chi connectivity index (χ1v) is 10.1. The quantitative estimate of drug-likeness (QED) is 0.663. The van der Waals surface area contributed by atoms with Crippen LogP contribution in [0.15, 0.2) is 34.0 Å². The van der Waals surface area contributed by atoms with E-state index in [1.807, 2.05) is 0 Å². The maximum Gasteiger partial charge on any atom is 0.451 e. The van der Waals surface area contributed by atoms with Crippen LogP contribution in [0.2, 0.25) is 0 Å². The summed E-state index contributed by atoms with van der Waals surface area (Å²) >= 11 is 0. The lowest BCUT2D eigenvalue weighted by Gasteiger charge is -2.31. The highest BCUT2D eigenvalue weighted by molar-refractivity contribution is 7.89. The van der Waals surface area contributed by atoms with Crippen molar-refractivity contribution in [2.24, 2.45) is 7.05 Å². The molecule has 0 unspecified atom stereocenters. The minimum atomic E-state index is -4.88. The lowest BCUT2D eigenvalue weighted by atomic mass is 10.1. The highest BCUT2D eigenvalue weighted by Crippen LogP contribution is 2.36. The second-order valence-corrected chi connectivity index (χ2v) is 8.64. The first kappa shape index (κ1) is 22.3. The zero-order valence-electron chi connectivity index (χ0n) is 15.4. The topological polar surface area (TPSA) is 77.2 Å². The number of sulfonamides is 1. The lowest BCUT2D eigenvalue weighted by molar-refractivity contribution is -0.147. The lowest BCUT2D eigenvalue weighted by Crippen LogP contribution is -2.41. The van der Waals surface area contributed by atoms with Crippen LogP contribution in [0.5, 0.6) is 0 Å². The smallest absolute Gasteiger partial charge is 0.274 e. The van der Waals surface area contributed by atoms with Gasteiger partial charge in [-0.25, -0.2) is 17.9 Å². The third kappa shape index (κ3) is 3.97. The van der Waals surface area contributed by atoms with Crippen LogP contribution < -0.4 is 5.69 Å². The number of alkyl halides is 6. The van der Waals surface area contributed by atoms with Gasteiger partial charge in [0.05, 0.1) is 16.5 Å². The maximum atomic E-state index is 13.2. The largest absolute Gasteiger partial charge is 0.451 e. The predicted octanol–water partition coefficient (Wildman–Crippen LogP) is 2.65. The number of piperidine rings is 1. The van der Waals surface area contributed by atoms with E-state index < -0.39 is 50.4 Å². The second kappa shape index (κ2) is 7.41. The molecule has 0 aliphatic carbocycles. The molecule has 0 atom stereocenters. The molecule has 1 aromatic heterocycles. The zero-order chi connectivity index (χ0) is 22.5. The Morgan fingerprint density at radius 1 is 1.00 bits per heavy atom. The van der Waals surface area contributed by atoms with E-state index in [0.29, 0.717) is 15.3 Å². The summed E-state index contributed by atoms with van der Waals surface area (Å²) in [4.78, 5) is 11.2. The second-order valence-electron chi connectivity index (χ2n) is 6.74. The van der Waals surface area contributed by atoms with Gasteiger partial charge in [-0.2, -0.15) is 30.6 Å². The summed E-state index contributed by atoms with van der Waals surface area (Å²) in [5, 5.41) is 3.32. The molecule has 2 heterocycles. The van der Waals surface area contributed by atoms with Crippen LogP contribution in [0.4, 0.5) is 26.3 Å². The molecule has 0 spiro atoms. The van der Waals surface area contributed by atoms with E-state index in [9.17, 15) is 39.6 Å². The van der Waals surface area contributed by atoms with E-state index in [1.54, 1.807) is 0 Å². The van der Waals surface area contributed by atoms with Gasteiger partial charge in [-0.15, -0.1) is 5.10 Å². The fourth-order valence-corrected chi connectivity index (χ4v) is 5.01. The highest BCUT2D eigenvalue weighted by Gasteiger charge is 2.41. The van der Waals surface area contributed by atoms with Crippen molar-refractivity contribution in [3.8, 4) is 0 Å². The van der Waals surface area contributed by atoms with Gasteiger partial charge >= 0.3 is 18.0 Å². The summed E-state index contributed by atoms with van der Waals surface area (Å²) in [6.45, 7) is -0.548. The Hall–Kier alpha value is -2.35. The summed E-state index contributed by atoms with van der Waals surface area (Å²) in [5.41, 5.74) is -2.31. The number of hydrogen-bond donors (Lipinski definition) is 0. The Kier molecular flexibility index (Phi) is 5.52. The molecule has 1 aliphatic rings. The zero-order valence-corrected chi connectivity index (χ0v) is 16.2. The van der Waals surface area contributed by atoms with Gasteiger partial charge in [0.2, 0.25) is 15.8 Å². The maximum absolute atomic E-state index is 13.2. The van der Waals surface area contributed by atoms with E-state index >= 15 is 0 Å². The van der Waals surface area contributed by atoms with Crippen LogP contribution in [-0.2, 0) is 29.4 Å². The Bertz CT molecular complexity index is 1100. The number of rotatable bonds is 3. The predicted molar refractivity (Wildman–Crippen MR) is 90.9 cm³/mol. The van der Waals surface area contributed by atoms with E-state index in [-0.39, 0.29) is 25.9 Å². The SMILES string of the molecule is Cn1c(C(F)(F)F)nn(C2CCN(S(=O)(=O)c3ccccc3C(F)(F)F)CC2)c1=O. The molecule has 7 nitrogen and oxygen atoms in total. The molecule has 1 saturated heterocycles. The van der Waals surface area contributed by atoms with Crippen molar-refractivity contribution < 1.29 is 34.8 Å². The normalized spacial score (nSPS) is 17.4. The first-order chi connectivity index (χ1) is 13.7. The van der Waals surface area contributed by atoms with Crippen LogP contribution in [0.25, 0.3) is 0 Å². The molecule has 0 amide bonds. The standard InChI is InChI=1S/C16H16F6N4O3S/c1-24-13(16(20,21)22)23-26(14(24)27)10-6-8-25(9-7-10)30(28,29)12-5-3-2-4-11(12)15(17,18)19/h2-5,10H,6-9H2,1H3. The average Bonchev–Trinajstić information content (AvgIpc) is 2.96. The van der Waals surface area contributed by atoms with Crippen LogP contribution >= 0.6 is 0 Å². The molecule has 1 fully saturated rings. The molecule has 0 saturated carbocycles. The van der Waals surface area contributed by atoms with Gasteiger partial charge in [0.15, 0.2) is 0 Å². The van der Waals surface area contributed by atoms with E-state index in [4.69, 9.17) is 0 Å². The van der Waals surface area contributed by atoms with Gasteiger partial charge in [0.25, 0.3) is 0 Å². The van der Waals surface area contributed by atoms with E-state index in [0.717, 1.165) is 23.5 Å². The Morgan fingerprint density at radius 3 is 2.07 bits per heavy atom. The fourth-order valence-electron chi connectivity index (χ4n) is 3.33. The van der Waals surface area contributed by atoms with Crippen molar-refractivity contribution >= 4 is 10.0 Å². The molecule has 0 N–H and O–H groups in total. The third-order valence-corrected chi connectivity index (χ3v) is 6.79. The van der Waals surface area contributed by atoms with Crippen molar-refractivity contribution in [1.82, 2.24) is 18.7 Å². The molecule has 14 heteroatoms. The molecular weight excluding hydrogens is 442 g/mol.